The van der Waals surface area contributed by atoms with E-state index in [2.05, 4.69) is 22.2 Å². The van der Waals surface area contributed by atoms with Crippen molar-refractivity contribution >= 4 is 11.8 Å². The fraction of sp³-hybridized carbons (Fsp3) is 0.714. The molecule has 0 radical (unpaired) electrons. The van der Waals surface area contributed by atoms with E-state index >= 15 is 0 Å². The lowest BCUT2D eigenvalue weighted by molar-refractivity contribution is 0.328. The number of nitrogens with zero attached hydrogens (tertiary/aromatic N) is 3. The van der Waals surface area contributed by atoms with E-state index in [-0.39, 0.29) is 0 Å². The highest BCUT2D eigenvalue weighted by molar-refractivity contribution is 5.41. The van der Waals surface area contributed by atoms with Crippen molar-refractivity contribution < 1.29 is 0 Å². The third-order valence-corrected chi connectivity index (χ3v) is 3.78. The number of hydrogen-bond acceptors (Lipinski definition) is 4. The molecule has 4 heteroatoms. The summed E-state index contributed by atoms with van der Waals surface area (Å²) in [5.74, 6) is 2.49. The lowest BCUT2D eigenvalue weighted by atomic mass is 9.84. The molecular formula is C14H24N4. The Morgan fingerprint density at radius 2 is 2.00 bits per heavy atom. The molecule has 0 spiro atoms. The van der Waals surface area contributed by atoms with Crippen LogP contribution >= 0.6 is 0 Å². The van der Waals surface area contributed by atoms with Gasteiger partial charge in [0.05, 0.1) is 0 Å². The van der Waals surface area contributed by atoms with E-state index in [1.807, 2.05) is 31.3 Å². The van der Waals surface area contributed by atoms with Crippen LogP contribution in [0.15, 0.2) is 12.3 Å². The van der Waals surface area contributed by atoms with Gasteiger partial charge in [-0.05, 0) is 31.7 Å². The second kappa shape index (κ2) is 6.03. The van der Waals surface area contributed by atoms with Crippen molar-refractivity contribution in [2.24, 2.45) is 5.92 Å². The third-order valence-electron chi connectivity index (χ3n) is 3.78. The van der Waals surface area contributed by atoms with Gasteiger partial charge >= 0.3 is 0 Å². The Morgan fingerprint density at radius 3 is 2.67 bits per heavy atom. The Morgan fingerprint density at radius 1 is 1.28 bits per heavy atom. The van der Waals surface area contributed by atoms with Gasteiger partial charge in [0.25, 0.3) is 0 Å². The molecule has 0 aromatic carbocycles. The third kappa shape index (κ3) is 3.34. The van der Waals surface area contributed by atoms with Crippen LogP contribution in [-0.2, 0) is 0 Å². The first-order chi connectivity index (χ1) is 8.66. The van der Waals surface area contributed by atoms with Crippen LogP contribution in [0.3, 0.4) is 0 Å². The summed E-state index contributed by atoms with van der Waals surface area (Å²) in [6, 6.07) is 2.45. The van der Waals surface area contributed by atoms with E-state index in [0.717, 1.165) is 17.7 Å². The summed E-state index contributed by atoms with van der Waals surface area (Å²) in [7, 11) is 3.92. The molecule has 1 unspecified atom stereocenters. The van der Waals surface area contributed by atoms with Crippen LogP contribution in [0.2, 0.25) is 0 Å². The second-order valence-electron chi connectivity index (χ2n) is 5.47. The molecule has 1 fully saturated rings. The molecule has 1 aliphatic rings. The van der Waals surface area contributed by atoms with E-state index in [9.17, 15) is 0 Å². The van der Waals surface area contributed by atoms with Gasteiger partial charge in [0.2, 0.25) is 5.95 Å². The van der Waals surface area contributed by atoms with Crippen molar-refractivity contribution in [3.63, 3.8) is 0 Å². The van der Waals surface area contributed by atoms with Crippen LogP contribution in [0, 0.1) is 5.92 Å². The number of aromatic nitrogens is 2. The summed E-state index contributed by atoms with van der Waals surface area (Å²) >= 11 is 0. The summed E-state index contributed by atoms with van der Waals surface area (Å²) in [6.45, 7) is 2.27. The second-order valence-corrected chi connectivity index (χ2v) is 5.47. The first-order valence-corrected chi connectivity index (χ1v) is 6.93. The maximum Gasteiger partial charge on any atom is 0.226 e. The molecule has 1 saturated carbocycles. The molecule has 4 nitrogen and oxygen atoms in total. The van der Waals surface area contributed by atoms with E-state index in [1.165, 1.54) is 32.1 Å². The van der Waals surface area contributed by atoms with Gasteiger partial charge in [0, 0.05) is 26.3 Å². The van der Waals surface area contributed by atoms with Crippen LogP contribution in [0.25, 0.3) is 0 Å². The Bertz CT molecular complexity index is 372. The maximum atomic E-state index is 4.51. The van der Waals surface area contributed by atoms with Crippen LogP contribution in [0.4, 0.5) is 11.8 Å². The van der Waals surface area contributed by atoms with Crippen LogP contribution in [0.1, 0.15) is 39.0 Å². The molecule has 100 valence electrons. The van der Waals surface area contributed by atoms with Gasteiger partial charge in [-0.3, -0.25) is 0 Å². The standard InChI is InChI=1S/C14H24N4/c1-11(12-7-5-4-6-8-12)16-13-9-10-15-14(17-13)18(2)3/h9-12H,4-8H2,1-3H3,(H,15,16,17). The highest BCUT2D eigenvalue weighted by atomic mass is 15.2. The van der Waals surface area contributed by atoms with Crippen molar-refractivity contribution in [2.45, 2.75) is 45.1 Å². The monoisotopic (exact) mass is 248 g/mol. The lowest BCUT2D eigenvalue weighted by Gasteiger charge is -2.28. The van der Waals surface area contributed by atoms with Crippen molar-refractivity contribution in [3.05, 3.63) is 12.3 Å². The Labute approximate surface area is 110 Å². The highest BCUT2D eigenvalue weighted by Gasteiger charge is 2.20. The minimum atomic E-state index is 0.496. The quantitative estimate of drug-likeness (QED) is 0.889. The van der Waals surface area contributed by atoms with Gasteiger partial charge in [-0.15, -0.1) is 0 Å². The minimum Gasteiger partial charge on any atom is -0.367 e. The van der Waals surface area contributed by atoms with Crippen molar-refractivity contribution in [3.8, 4) is 0 Å². The highest BCUT2D eigenvalue weighted by Crippen LogP contribution is 2.27. The maximum absolute atomic E-state index is 4.51. The molecule has 0 amide bonds. The Hall–Kier alpha value is -1.32. The van der Waals surface area contributed by atoms with Gasteiger partial charge in [0.1, 0.15) is 5.82 Å². The van der Waals surface area contributed by atoms with E-state index < -0.39 is 0 Å². The van der Waals surface area contributed by atoms with E-state index in [1.54, 1.807) is 0 Å². The van der Waals surface area contributed by atoms with Gasteiger partial charge in [-0.25, -0.2) is 4.98 Å². The van der Waals surface area contributed by atoms with E-state index in [0.29, 0.717) is 6.04 Å². The van der Waals surface area contributed by atoms with Crippen LogP contribution in [0.5, 0.6) is 0 Å². The molecule has 1 heterocycles. The van der Waals surface area contributed by atoms with Crippen molar-refractivity contribution in [1.29, 1.82) is 0 Å². The van der Waals surface area contributed by atoms with Gasteiger partial charge in [-0.1, -0.05) is 19.3 Å². The Kier molecular flexibility index (Phi) is 4.39. The summed E-state index contributed by atoms with van der Waals surface area (Å²) in [6.07, 6.45) is 8.67. The normalized spacial score (nSPS) is 18.4. The van der Waals surface area contributed by atoms with Gasteiger partial charge in [0.15, 0.2) is 0 Å². The fourth-order valence-electron chi connectivity index (χ4n) is 2.63. The molecule has 1 aromatic heterocycles. The molecule has 1 atom stereocenters. The first-order valence-electron chi connectivity index (χ1n) is 6.93. The SMILES string of the molecule is CC(Nc1ccnc(N(C)C)n1)C1CCCCC1. The minimum absolute atomic E-state index is 0.496. The zero-order valence-electron chi connectivity index (χ0n) is 11.7. The molecule has 1 N–H and O–H groups in total. The lowest BCUT2D eigenvalue weighted by Crippen LogP contribution is -2.28. The molecule has 2 rings (SSSR count). The topological polar surface area (TPSA) is 41.1 Å². The van der Waals surface area contributed by atoms with Crippen LogP contribution < -0.4 is 10.2 Å². The average molecular weight is 248 g/mol. The molecule has 1 aliphatic carbocycles. The predicted octanol–water partition coefficient (Wildman–Crippen LogP) is 2.92. The average Bonchev–Trinajstić information content (AvgIpc) is 2.40. The summed E-state index contributed by atoms with van der Waals surface area (Å²) in [4.78, 5) is 10.7. The first kappa shape index (κ1) is 13.1. The zero-order chi connectivity index (χ0) is 13.0. The molecule has 18 heavy (non-hydrogen) atoms. The number of hydrogen-bond donors (Lipinski definition) is 1. The largest absolute Gasteiger partial charge is 0.367 e. The molecule has 0 bridgehead atoms. The van der Waals surface area contributed by atoms with E-state index in [4.69, 9.17) is 0 Å². The number of anilines is 2. The number of rotatable bonds is 4. The number of nitrogens with one attached hydrogen (secondary N) is 1. The summed E-state index contributed by atoms with van der Waals surface area (Å²) in [5, 5.41) is 3.53. The van der Waals surface area contributed by atoms with Gasteiger partial charge in [-0.2, -0.15) is 4.98 Å². The van der Waals surface area contributed by atoms with Crippen LogP contribution in [-0.4, -0.2) is 30.1 Å². The smallest absolute Gasteiger partial charge is 0.226 e. The zero-order valence-corrected chi connectivity index (χ0v) is 11.7. The van der Waals surface area contributed by atoms with Gasteiger partial charge < -0.3 is 10.2 Å². The molecule has 1 aromatic rings. The summed E-state index contributed by atoms with van der Waals surface area (Å²) < 4.78 is 0. The molecule has 0 aliphatic heterocycles. The van der Waals surface area contributed by atoms with Crippen molar-refractivity contribution in [2.75, 3.05) is 24.3 Å². The Balaban J connectivity index is 1.97. The van der Waals surface area contributed by atoms with Crippen molar-refractivity contribution in [1.82, 2.24) is 9.97 Å². The predicted molar refractivity (Wildman–Crippen MR) is 76.0 cm³/mol. The molecule has 0 saturated heterocycles. The fourth-order valence-corrected chi connectivity index (χ4v) is 2.63. The summed E-state index contributed by atoms with van der Waals surface area (Å²) in [5.41, 5.74) is 0. The molecular weight excluding hydrogens is 224 g/mol.